The number of nitrogens with zero attached hydrogens (tertiary/aromatic N) is 2. The van der Waals surface area contributed by atoms with Gasteiger partial charge in [-0.25, -0.2) is 0 Å². The Morgan fingerprint density at radius 2 is 2.05 bits per heavy atom. The number of rotatable bonds is 8. The van der Waals surface area contributed by atoms with Crippen molar-refractivity contribution in [2.45, 2.75) is 52.3 Å². The Balaban J connectivity index is 2.06. The molecule has 1 saturated heterocycles. The topological polar surface area (TPSA) is 27.7 Å². The standard InChI is InChI=1S/C15H33N3O/c1-13(2)17(5)8-6-7-16-11-15-12-18(14(3)4)9-10-19-15/h13-16H,6-12H2,1-5H3. The van der Waals surface area contributed by atoms with Crippen LogP contribution in [0.4, 0.5) is 0 Å². The molecule has 1 atom stereocenters. The van der Waals surface area contributed by atoms with Gasteiger partial charge in [0.05, 0.1) is 12.7 Å². The van der Waals surface area contributed by atoms with Crippen LogP contribution in [0.5, 0.6) is 0 Å². The van der Waals surface area contributed by atoms with Crippen LogP contribution in [0.15, 0.2) is 0 Å². The van der Waals surface area contributed by atoms with E-state index in [4.69, 9.17) is 4.74 Å². The maximum absolute atomic E-state index is 5.81. The first-order chi connectivity index (χ1) is 9.00. The largest absolute Gasteiger partial charge is 0.374 e. The van der Waals surface area contributed by atoms with E-state index in [2.05, 4.69) is 49.9 Å². The van der Waals surface area contributed by atoms with E-state index in [0.717, 1.165) is 39.3 Å². The fourth-order valence-electron chi connectivity index (χ4n) is 2.31. The zero-order chi connectivity index (χ0) is 14.3. The predicted molar refractivity (Wildman–Crippen MR) is 81.7 cm³/mol. The average molecular weight is 271 g/mol. The molecule has 1 heterocycles. The lowest BCUT2D eigenvalue weighted by atomic mass is 10.2. The third kappa shape index (κ3) is 6.70. The van der Waals surface area contributed by atoms with Gasteiger partial charge in [-0.1, -0.05) is 0 Å². The van der Waals surface area contributed by atoms with E-state index in [1.54, 1.807) is 0 Å². The van der Waals surface area contributed by atoms with Crippen molar-refractivity contribution < 1.29 is 4.74 Å². The summed E-state index contributed by atoms with van der Waals surface area (Å²) < 4.78 is 5.81. The molecule has 0 saturated carbocycles. The Kier molecular flexibility index (Phi) is 7.91. The highest BCUT2D eigenvalue weighted by Gasteiger charge is 2.21. The third-order valence-corrected chi connectivity index (χ3v) is 4.02. The van der Waals surface area contributed by atoms with Gasteiger partial charge in [-0.15, -0.1) is 0 Å². The molecule has 0 aliphatic carbocycles. The molecule has 4 heteroatoms. The summed E-state index contributed by atoms with van der Waals surface area (Å²) in [6.07, 6.45) is 1.56. The van der Waals surface area contributed by atoms with Gasteiger partial charge in [0.25, 0.3) is 0 Å². The van der Waals surface area contributed by atoms with Crippen LogP contribution in [0, 0.1) is 0 Å². The van der Waals surface area contributed by atoms with Gasteiger partial charge in [0, 0.05) is 31.7 Å². The van der Waals surface area contributed by atoms with Crippen molar-refractivity contribution >= 4 is 0 Å². The fraction of sp³-hybridized carbons (Fsp3) is 1.00. The molecule has 1 N–H and O–H groups in total. The molecule has 0 aromatic heterocycles. The summed E-state index contributed by atoms with van der Waals surface area (Å²) >= 11 is 0. The molecule has 1 aliphatic rings. The van der Waals surface area contributed by atoms with Crippen molar-refractivity contribution in [2.75, 3.05) is 46.4 Å². The summed E-state index contributed by atoms with van der Waals surface area (Å²) in [6, 6.07) is 1.27. The SMILES string of the molecule is CC(C)N(C)CCCNCC1CN(C(C)C)CCO1. The summed E-state index contributed by atoms with van der Waals surface area (Å²) in [7, 11) is 2.19. The van der Waals surface area contributed by atoms with Gasteiger partial charge < -0.3 is 15.0 Å². The number of ether oxygens (including phenoxy) is 1. The molecule has 0 aromatic carbocycles. The lowest BCUT2D eigenvalue weighted by Gasteiger charge is -2.35. The van der Waals surface area contributed by atoms with Crippen LogP contribution in [0.3, 0.4) is 0 Å². The number of hydrogen-bond acceptors (Lipinski definition) is 4. The van der Waals surface area contributed by atoms with Gasteiger partial charge >= 0.3 is 0 Å². The quantitative estimate of drug-likeness (QED) is 0.676. The second-order valence-corrected chi connectivity index (χ2v) is 6.21. The third-order valence-electron chi connectivity index (χ3n) is 4.02. The molecule has 0 radical (unpaired) electrons. The summed E-state index contributed by atoms with van der Waals surface area (Å²) in [5, 5.41) is 3.53. The minimum absolute atomic E-state index is 0.360. The van der Waals surface area contributed by atoms with Gasteiger partial charge in [0.2, 0.25) is 0 Å². The second-order valence-electron chi connectivity index (χ2n) is 6.21. The van der Waals surface area contributed by atoms with Crippen molar-refractivity contribution in [1.82, 2.24) is 15.1 Å². The van der Waals surface area contributed by atoms with E-state index in [9.17, 15) is 0 Å². The molecule has 0 bridgehead atoms. The van der Waals surface area contributed by atoms with Gasteiger partial charge in [-0.2, -0.15) is 0 Å². The molecule has 4 nitrogen and oxygen atoms in total. The van der Waals surface area contributed by atoms with Gasteiger partial charge in [-0.05, 0) is 54.3 Å². The van der Waals surface area contributed by atoms with E-state index in [1.165, 1.54) is 6.42 Å². The van der Waals surface area contributed by atoms with E-state index in [1.807, 2.05) is 0 Å². The molecule has 0 spiro atoms. The lowest BCUT2D eigenvalue weighted by molar-refractivity contribution is -0.0371. The first kappa shape index (κ1) is 16.9. The maximum Gasteiger partial charge on any atom is 0.0826 e. The van der Waals surface area contributed by atoms with Crippen LogP contribution in [-0.4, -0.2) is 74.4 Å². The molecule has 19 heavy (non-hydrogen) atoms. The number of morpholine rings is 1. The summed E-state index contributed by atoms with van der Waals surface area (Å²) in [6.45, 7) is 15.2. The van der Waals surface area contributed by atoms with Crippen LogP contribution in [0.25, 0.3) is 0 Å². The van der Waals surface area contributed by atoms with Crippen molar-refractivity contribution in [1.29, 1.82) is 0 Å². The lowest BCUT2D eigenvalue weighted by Crippen LogP contribution is -2.49. The Labute approximate surface area is 119 Å². The Bertz CT molecular complexity index is 233. The molecule has 114 valence electrons. The van der Waals surface area contributed by atoms with E-state index >= 15 is 0 Å². The maximum atomic E-state index is 5.81. The molecule has 1 rings (SSSR count). The Morgan fingerprint density at radius 3 is 2.68 bits per heavy atom. The minimum Gasteiger partial charge on any atom is -0.374 e. The van der Waals surface area contributed by atoms with Gasteiger partial charge in [0.1, 0.15) is 0 Å². The monoisotopic (exact) mass is 271 g/mol. The fourth-order valence-corrected chi connectivity index (χ4v) is 2.31. The first-order valence-corrected chi connectivity index (χ1v) is 7.77. The van der Waals surface area contributed by atoms with Crippen molar-refractivity contribution in [3.63, 3.8) is 0 Å². The highest BCUT2D eigenvalue weighted by atomic mass is 16.5. The van der Waals surface area contributed by atoms with Crippen LogP contribution < -0.4 is 5.32 Å². The minimum atomic E-state index is 0.360. The Hall–Kier alpha value is -0.160. The van der Waals surface area contributed by atoms with Crippen LogP contribution in [0.2, 0.25) is 0 Å². The first-order valence-electron chi connectivity index (χ1n) is 7.77. The zero-order valence-corrected chi connectivity index (χ0v) is 13.5. The van der Waals surface area contributed by atoms with E-state index in [-0.39, 0.29) is 0 Å². The summed E-state index contributed by atoms with van der Waals surface area (Å²) in [5.41, 5.74) is 0. The molecule has 1 unspecified atom stereocenters. The van der Waals surface area contributed by atoms with Gasteiger partial charge in [-0.3, -0.25) is 4.90 Å². The summed E-state index contributed by atoms with van der Waals surface area (Å²) in [4.78, 5) is 4.89. The smallest absolute Gasteiger partial charge is 0.0826 e. The highest BCUT2D eigenvalue weighted by molar-refractivity contribution is 4.75. The van der Waals surface area contributed by atoms with Crippen molar-refractivity contribution in [3.05, 3.63) is 0 Å². The molecule has 0 amide bonds. The molecule has 1 fully saturated rings. The molecule has 0 aromatic rings. The molecular weight excluding hydrogens is 238 g/mol. The van der Waals surface area contributed by atoms with E-state index in [0.29, 0.717) is 18.2 Å². The van der Waals surface area contributed by atoms with E-state index < -0.39 is 0 Å². The zero-order valence-electron chi connectivity index (χ0n) is 13.5. The van der Waals surface area contributed by atoms with Crippen LogP contribution >= 0.6 is 0 Å². The number of hydrogen-bond donors (Lipinski definition) is 1. The molecule has 1 aliphatic heterocycles. The summed E-state index contributed by atoms with van der Waals surface area (Å²) in [5.74, 6) is 0. The van der Waals surface area contributed by atoms with Crippen LogP contribution in [0.1, 0.15) is 34.1 Å². The average Bonchev–Trinajstić information content (AvgIpc) is 2.38. The van der Waals surface area contributed by atoms with Crippen molar-refractivity contribution in [2.24, 2.45) is 0 Å². The second kappa shape index (κ2) is 8.90. The molecular formula is C15H33N3O. The normalized spacial score (nSPS) is 21.8. The van der Waals surface area contributed by atoms with Crippen molar-refractivity contribution in [3.8, 4) is 0 Å². The number of nitrogens with one attached hydrogen (secondary N) is 1. The Morgan fingerprint density at radius 1 is 1.32 bits per heavy atom. The predicted octanol–water partition coefficient (Wildman–Crippen LogP) is 1.42. The highest BCUT2D eigenvalue weighted by Crippen LogP contribution is 2.07. The van der Waals surface area contributed by atoms with Crippen LogP contribution in [-0.2, 0) is 4.74 Å². The van der Waals surface area contributed by atoms with Gasteiger partial charge in [0.15, 0.2) is 0 Å².